The van der Waals surface area contributed by atoms with Gasteiger partial charge in [-0.05, 0) is 24.3 Å². The van der Waals surface area contributed by atoms with Gasteiger partial charge in [0.05, 0.1) is 16.7 Å². The molecule has 0 fully saturated rings. The van der Waals surface area contributed by atoms with Gasteiger partial charge in [-0.2, -0.15) is 0 Å². The van der Waals surface area contributed by atoms with Crippen LogP contribution in [0.1, 0.15) is 0 Å². The Balaban J connectivity index is 1.99. The summed E-state index contributed by atoms with van der Waals surface area (Å²) in [7, 11) is 0. The number of pyridine rings is 2. The maximum atomic E-state index is 4.76. The molecule has 0 aliphatic carbocycles. The number of hydrogen-bond donors (Lipinski definition) is 0. The maximum absolute atomic E-state index is 4.76. The zero-order chi connectivity index (χ0) is 13.4. The molecule has 2 heterocycles. The molecule has 94 valence electrons. The van der Waals surface area contributed by atoms with E-state index in [0.717, 1.165) is 33.1 Å². The van der Waals surface area contributed by atoms with Crippen molar-refractivity contribution in [3.8, 4) is 11.3 Å². The van der Waals surface area contributed by atoms with Crippen LogP contribution in [0.5, 0.6) is 0 Å². The third kappa shape index (κ3) is 1.74. The Morgan fingerprint density at radius 3 is 2.50 bits per heavy atom. The molecule has 0 amide bonds. The normalized spacial score (nSPS) is 11.0. The van der Waals surface area contributed by atoms with Gasteiger partial charge >= 0.3 is 0 Å². The van der Waals surface area contributed by atoms with Crippen molar-refractivity contribution < 1.29 is 0 Å². The second-order valence-corrected chi connectivity index (χ2v) is 4.77. The van der Waals surface area contributed by atoms with Crippen LogP contribution in [-0.2, 0) is 0 Å². The van der Waals surface area contributed by atoms with Crippen molar-refractivity contribution in [1.29, 1.82) is 0 Å². The summed E-state index contributed by atoms with van der Waals surface area (Å²) < 4.78 is 0. The van der Waals surface area contributed by atoms with Gasteiger partial charge in [0.1, 0.15) is 0 Å². The quantitative estimate of drug-likeness (QED) is 0.470. The minimum atomic E-state index is 0.984. The Kier molecular flexibility index (Phi) is 2.46. The van der Waals surface area contributed by atoms with Crippen LogP contribution in [0.3, 0.4) is 0 Å². The van der Waals surface area contributed by atoms with Gasteiger partial charge in [0.15, 0.2) is 0 Å². The standard InChI is InChI=1S/C18H12N2/c1-2-5-13(6-3-1)16-11-9-15-17(20-16)10-8-14-7-4-12-19-18(14)15/h1-12H. The first kappa shape index (κ1) is 11.1. The molecule has 0 spiro atoms. The van der Waals surface area contributed by atoms with Crippen LogP contribution in [0, 0.1) is 0 Å². The molecule has 2 nitrogen and oxygen atoms in total. The van der Waals surface area contributed by atoms with Crippen molar-refractivity contribution in [2.24, 2.45) is 0 Å². The second-order valence-electron chi connectivity index (χ2n) is 4.77. The number of hydrogen-bond acceptors (Lipinski definition) is 2. The lowest BCUT2D eigenvalue weighted by Gasteiger charge is -2.05. The molecular formula is C18H12N2. The molecule has 2 heteroatoms. The first-order valence-corrected chi connectivity index (χ1v) is 6.62. The van der Waals surface area contributed by atoms with Crippen molar-refractivity contribution in [2.75, 3.05) is 0 Å². The molecule has 0 atom stereocenters. The fourth-order valence-corrected chi connectivity index (χ4v) is 2.52. The average molecular weight is 256 g/mol. The van der Waals surface area contributed by atoms with Gasteiger partial charge in [0.25, 0.3) is 0 Å². The first-order valence-electron chi connectivity index (χ1n) is 6.62. The lowest BCUT2D eigenvalue weighted by Crippen LogP contribution is -1.87. The summed E-state index contributed by atoms with van der Waals surface area (Å²) in [6.45, 7) is 0. The van der Waals surface area contributed by atoms with E-state index in [1.807, 2.05) is 30.5 Å². The van der Waals surface area contributed by atoms with Crippen LogP contribution in [0.4, 0.5) is 0 Å². The summed E-state index contributed by atoms with van der Waals surface area (Å²) in [5, 5.41) is 2.25. The third-order valence-corrected chi connectivity index (χ3v) is 3.51. The van der Waals surface area contributed by atoms with Crippen molar-refractivity contribution in [2.45, 2.75) is 0 Å². The van der Waals surface area contributed by atoms with E-state index in [1.165, 1.54) is 0 Å². The molecule has 4 aromatic rings. The molecular weight excluding hydrogens is 244 g/mol. The minimum Gasteiger partial charge on any atom is -0.256 e. The Hall–Kier alpha value is -2.74. The van der Waals surface area contributed by atoms with E-state index < -0.39 is 0 Å². The zero-order valence-electron chi connectivity index (χ0n) is 10.8. The fraction of sp³-hybridized carbons (Fsp3) is 0. The topological polar surface area (TPSA) is 25.8 Å². The predicted molar refractivity (Wildman–Crippen MR) is 82.5 cm³/mol. The van der Waals surface area contributed by atoms with Crippen LogP contribution < -0.4 is 0 Å². The molecule has 2 aromatic heterocycles. The molecule has 0 aliphatic heterocycles. The van der Waals surface area contributed by atoms with Gasteiger partial charge in [-0.15, -0.1) is 0 Å². The van der Waals surface area contributed by atoms with Crippen LogP contribution in [0.15, 0.2) is 72.9 Å². The largest absolute Gasteiger partial charge is 0.256 e. The SMILES string of the molecule is c1ccc(-c2ccc3c(ccc4cccnc43)n2)cc1. The highest BCUT2D eigenvalue weighted by Gasteiger charge is 2.04. The van der Waals surface area contributed by atoms with E-state index in [9.17, 15) is 0 Å². The van der Waals surface area contributed by atoms with E-state index >= 15 is 0 Å². The highest BCUT2D eigenvalue weighted by Crippen LogP contribution is 2.25. The molecule has 0 unspecified atom stereocenters. The van der Waals surface area contributed by atoms with Gasteiger partial charge in [0, 0.05) is 22.5 Å². The zero-order valence-corrected chi connectivity index (χ0v) is 10.8. The van der Waals surface area contributed by atoms with Crippen LogP contribution in [-0.4, -0.2) is 9.97 Å². The second kappa shape index (κ2) is 4.42. The highest BCUT2D eigenvalue weighted by molar-refractivity contribution is 6.04. The van der Waals surface area contributed by atoms with E-state index in [-0.39, 0.29) is 0 Å². The average Bonchev–Trinajstić information content (AvgIpc) is 2.55. The summed E-state index contributed by atoms with van der Waals surface area (Å²) in [5.41, 5.74) is 4.12. The smallest absolute Gasteiger partial charge is 0.0795 e. The number of fused-ring (bicyclic) bond motifs is 3. The minimum absolute atomic E-state index is 0.984. The van der Waals surface area contributed by atoms with Gasteiger partial charge in [-0.1, -0.05) is 42.5 Å². The van der Waals surface area contributed by atoms with E-state index in [0.29, 0.717) is 0 Å². The van der Waals surface area contributed by atoms with E-state index in [2.05, 4.69) is 47.4 Å². The van der Waals surface area contributed by atoms with Gasteiger partial charge in [-0.3, -0.25) is 4.98 Å². The van der Waals surface area contributed by atoms with Crippen molar-refractivity contribution in [1.82, 2.24) is 9.97 Å². The lowest BCUT2D eigenvalue weighted by atomic mass is 10.1. The summed E-state index contributed by atoms with van der Waals surface area (Å²) in [6, 6.07) is 22.6. The van der Waals surface area contributed by atoms with Crippen LogP contribution >= 0.6 is 0 Å². The molecule has 0 N–H and O–H groups in total. The maximum Gasteiger partial charge on any atom is 0.0795 e. The molecule has 0 bridgehead atoms. The number of aromatic nitrogens is 2. The summed E-state index contributed by atoms with van der Waals surface area (Å²) >= 11 is 0. The Bertz CT molecular complexity index is 899. The van der Waals surface area contributed by atoms with Gasteiger partial charge in [-0.25, -0.2) is 4.98 Å². The fourth-order valence-electron chi connectivity index (χ4n) is 2.52. The highest BCUT2D eigenvalue weighted by atomic mass is 14.7. The molecule has 2 aromatic carbocycles. The Morgan fingerprint density at radius 2 is 1.60 bits per heavy atom. The summed E-state index contributed by atoms with van der Waals surface area (Å²) in [4.78, 5) is 9.23. The van der Waals surface area contributed by atoms with E-state index in [1.54, 1.807) is 0 Å². The van der Waals surface area contributed by atoms with Crippen molar-refractivity contribution in [3.63, 3.8) is 0 Å². The Labute approximate surface area is 116 Å². The van der Waals surface area contributed by atoms with Crippen molar-refractivity contribution in [3.05, 3.63) is 72.9 Å². The number of nitrogens with zero attached hydrogens (tertiary/aromatic N) is 2. The number of rotatable bonds is 1. The predicted octanol–water partition coefficient (Wildman–Crippen LogP) is 4.45. The molecule has 0 radical (unpaired) electrons. The summed E-state index contributed by atoms with van der Waals surface area (Å²) in [5.74, 6) is 0. The third-order valence-electron chi connectivity index (χ3n) is 3.51. The monoisotopic (exact) mass is 256 g/mol. The lowest BCUT2D eigenvalue weighted by molar-refractivity contribution is 1.38. The molecule has 4 rings (SSSR count). The van der Waals surface area contributed by atoms with Crippen LogP contribution in [0.2, 0.25) is 0 Å². The number of benzene rings is 2. The van der Waals surface area contributed by atoms with Gasteiger partial charge < -0.3 is 0 Å². The van der Waals surface area contributed by atoms with Crippen LogP contribution in [0.25, 0.3) is 33.1 Å². The van der Waals surface area contributed by atoms with E-state index in [4.69, 9.17) is 4.98 Å². The van der Waals surface area contributed by atoms with Crippen molar-refractivity contribution >= 4 is 21.8 Å². The Morgan fingerprint density at radius 1 is 0.700 bits per heavy atom. The molecule has 0 saturated heterocycles. The summed E-state index contributed by atoms with van der Waals surface area (Å²) in [6.07, 6.45) is 1.83. The molecule has 0 saturated carbocycles. The molecule has 20 heavy (non-hydrogen) atoms. The first-order chi connectivity index (χ1) is 9.92. The van der Waals surface area contributed by atoms with Gasteiger partial charge in [0.2, 0.25) is 0 Å². The molecule has 0 aliphatic rings.